The molecule has 0 aliphatic rings. The number of benzene rings is 1. The average molecular weight is 303 g/mol. The number of alkyl halides is 3. The van der Waals surface area contributed by atoms with Crippen LogP contribution in [0, 0.1) is 5.92 Å². The van der Waals surface area contributed by atoms with Crippen molar-refractivity contribution in [1.29, 1.82) is 0 Å². The van der Waals surface area contributed by atoms with Gasteiger partial charge in [-0.1, -0.05) is 13.8 Å². The van der Waals surface area contributed by atoms with Crippen molar-refractivity contribution in [3.63, 3.8) is 0 Å². The van der Waals surface area contributed by atoms with E-state index in [2.05, 4.69) is 24.6 Å². The number of hydrogen-bond acceptors (Lipinski definition) is 3. The van der Waals surface area contributed by atoms with Crippen LogP contribution in [0.2, 0.25) is 0 Å². The molecule has 0 aliphatic heterocycles. The van der Waals surface area contributed by atoms with E-state index in [0.717, 1.165) is 31.0 Å². The molecule has 1 amide bonds. The molecule has 21 heavy (non-hydrogen) atoms. The van der Waals surface area contributed by atoms with Crippen LogP contribution in [0.4, 0.5) is 18.9 Å². The first-order valence-electron chi connectivity index (χ1n) is 6.71. The van der Waals surface area contributed by atoms with E-state index in [1.807, 2.05) is 0 Å². The van der Waals surface area contributed by atoms with Crippen molar-refractivity contribution >= 4 is 11.6 Å². The number of anilines is 1. The Hall–Kier alpha value is -1.76. The summed E-state index contributed by atoms with van der Waals surface area (Å²) in [5.74, 6) is 5.17. The molecule has 0 heterocycles. The van der Waals surface area contributed by atoms with Crippen molar-refractivity contribution < 1.29 is 18.0 Å². The number of carbonyl (C=O) groups is 1. The molecule has 1 aromatic rings. The highest BCUT2D eigenvalue weighted by Gasteiger charge is 2.31. The molecule has 0 aromatic heterocycles. The molecule has 0 saturated carbocycles. The smallest absolute Gasteiger partial charge is 0.352 e. The van der Waals surface area contributed by atoms with Crippen LogP contribution in [0.3, 0.4) is 0 Å². The van der Waals surface area contributed by atoms with Crippen molar-refractivity contribution in [2.45, 2.75) is 32.9 Å². The molecule has 0 bridgehead atoms. The highest BCUT2D eigenvalue weighted by molar-refractivity contribution is 5.99. The summed E-state index contributed by atoms with van der Waals surface area (Å²) in [5.41, 5.74) is 1.40. The minimum Gasteiger partial charge on any atom is -0.352 e. The second-order valence-electron chi connectivity index (χ2n) is 5.19. The third-order valence-electron chi connectivity index (χ3n) is 2.99. The first-order valence-corrected chi connectivity index (χ1v) is 6.71. The normalized spacial score (nSPS) is 11.6. The largest absolute Gasteiger partial charge is 0.416 e. The van der Waals surface area contributed by atoms with Crippen molar-refractivity contribution in [2.75, 3.05) is 12.0 Å². The number of rotatable bonds is 6. The van der Waals surface area contributed by atoms with Crippen LogP contribution < -0.4 is 16.6 Å². The molecule has 1 rings (SSSR count). The van der Waals surface area contributed by atoms with E-state index in [0.29, 0.717) is 12.5 Å². The lowest BCUT2D eigenvalue weighted by atomic mass is 10.1. The number of hydrogen-bond donors (Lipinski definition) is 3. The number of halogens is 3. The van der Waals surface area contributed by atoms with Gasteiger partial charge in [-0.3, -0.25) is 10.6 Å². The highest BCUT2D eigenvalue weighted by atomic mass is 19.4. The van der Waals surface area contributed by atoms with Gasteiger partial charge >= 0.3 is 6.18 Å². The van der Waals surface area contributed by atoms with Crippen molar-refractivity contribution in [2.24, 2.45) is 11.8 Å². The summed E-state index contributed by atoms with van der Waals surface area (Å²) in [4.78, 5) is 12.0. The first-order chi connectivity index (χ1) is 9.75. The molecule has 4 N–H and O–H groups in total. The Labute approximate surface area is 121 Å². The molecule has 0 spiro atoms. The second-order valence-corrected chi connectivity index (χ2v) is 5.19. The van der Waals surface area contributed by atoms with Crippen LogP contribution >= 0.6 is 0 Å². The molecule has 0 radical (unpaired) electrons. The van der Waals surface area contributed by atoms with E-state index in [4.69, 9.17) is 5.84 Å². The zero-order chi connectivity index (χ0) is 16.0. The van der Waals surface area contributed by atoms with Gasteiger partial charge in [0.05, 0.1) is 16.8 Å². The summed E-state index contributed by atoms with van der Waals surface area (Å²) in [6.07, 6.45) is -2.79. The third kappa shape index (κ3) is 5.26. The Morgan fingerprint density at radius 3 is 2.52 bits per heavy atom. The lowest BCUT2D eigenvalue weighted by Gasteiger charge is -2.13. The van der Waals surface area contributed by atoms with Gasteiger partial charge < -0.3 is 10.7 Å². The number of carbonyl (C=O) groups excluding carboxylic acids is 1. The van der Waals surface area contributed by atoms with Crippen molar-refractivity contribution in [1.82, 2.24) is 5.32 Å². The summed E-state index contributed by atoms with van der Waals surface area (Å²) in [6, 6.07) is 2.82. The summed E-state index contributed by atoms with van der Waals surface area (Å²) < 4.78 is 38.0. The molecule has 7 heteroatoms. The van der Waals surface area contributed by atoms with E-state index in [1.54, 1.807) is 0 Å². The fourth-order valence-electron chi connectivity index (χ4n) is 1.84. The minimum atomic E-state index is -4.50. The van der Waals surface area contributed by atoms with Gasteiger partial charge in [-0.2, -0.15) is 13.2 Å². The maximum atomic E-state index is 12.7. The van der Waals surface area contributed by atoms with Crippen molar-refractivity contribution in [3.05, 3.63) is 29.3 Å². The Kier molecular flexibility index (Phi) is 6.02. The summed E-state index contributed by atoms with van der Waals surface area (Å²) in [5, 5.41) is 2.61. The minimum absolute atomic E-state index is 0.114. The average Bonchev–Trinajstić information content (AvgIpc) is 2.41. The van der Waals surface area contributed by atoms with Gasteiger partial charge in [-0.15, -0.1) is 0 Å². The molecule has 4 nitrogen and oxygen atoms in total. The Morgan fingerprint density at radius 1 is 1.33 bits per heavy atom. The summed E-state index contributed by atoms with van der Waals surface area (Å²) in [6.45, 7) is 4.54. The predicted molar refractivity (Wildman–Crippen MR) is 75.7 cm³/mol. The number of nitrogens with one attached hydrogen (secondary N) is 2. The van der Waals surface area contributed by atoms with Gasteiger partial charge in [0.15, 0.2) is 0 Å². The molecule has 0 unspecified atom stereocenters. The Bertz CT molecular complexity index is 487. The molecular weight excluding hydrogens is 283 g/mol. The van der Waals surface area contributed by atoms with E-state index in [1.165, 1.54) is 0 Å². The lowest BCUT2D eigenvalue weighted by molar-refractivity contribution is -0.137. The van der Waals surface area contributed by atoms with Crippen LogP contribution in [0.1, 0.15) is 42.6 Å². The zero-order valence-electron chi connectivity index (χ0n) is 12.1. The van der Waals surface area contributed by atoms with E-state index in [9.17, 15) is 18.0 Å². The van der Waals surface area contributed by atoms with Gasteiger partial charge in [0.25, 0.3) is 5.91 Å². The van der Waals surface area contributed by atoms with E-state index < -0.39 is 17.6 Å². The van der Waals surface area contributed by atoms with Gasteiger partial charge in [0.1, 0.15) is 0 Å². The summed E-state index contributed by atoms with van der Waals surface area (Å²) >= 11 is 0. The highest BCUT2D eigenvalue weighted by Crippen LogP contribution is 2.31. The molecule has 0 aliphatic carbocycles. The maximum Gasteiger partial charge on any atom is 0.416 e. The lowest BCUT2D eigenvalue weighted by Crippen LogP contribution is -2.27. The fraction of sp³-hybridized carbons (Fsp3) is 0.500. The van der Waals surface area contributed by atoms with E-state index in [-0.39, 0.29) is 11.3 Å². The molecule has 0 fully saturated rings. The molecule has 118 valence electrons. The van der Waals surface area contributed by atoms with Crippen LogP contribution in [0.25, 0.3) is 0 Å². The SMILES string of the molecule is CC(C)CCCNC(=O)c1cc(C(F)(F)F)ccc1NN. The quantitative estimate of drug-likeness (QED) is 0.429. The van der Waals surface area contributed by atoms with E-state index >= 15 is 0 Å². The first kappa shape index (κ1) is 17.3. The van der Waals surface area contributed by atoms with Crippen LogP contribution in [0.15, 0.2) is 18.2 Å². The van der Waals surface area contributed by atoms with Crippen LogP contribution in [0.5, 0.6) is 0 Å². The predicted octanol–water partition coefficient (Wildman–Crippen LogP) is 3.16. The van der Waals surface area contributed by atoms with Gasteiger partial charge in [0, 0.05) is 6.54 Å². The number of nitrogens with two attached hydrogens (primary N) is 1. The Morgan fingerprint density at radius 2 is 2.00 bits per heavy atom. The van der Waals surface area contributed by atoms with Gasteiger partial charge in [0.2, 0.25) is 0 Å². The summed E-state index contributed by atoms with van der Waals surface area (Å²) in [7, 11) is 0. The second kappa shape index (κ2) is 7.31. The topological polar surface area (TPSA) is 67.2 Å². The zero-order valence-corrected chi connectivity index (χ0v) is 12.1. The number of nitrogen functional groups attached to an aromatic ring is 1. The monoisotopic (exact) mass is 303 g/mol. The number of hydrazine groups is 1. The Balaban J connectivity index is 2.81. The van der Waals surface area contributed by atoms with Gasteiger partial charge in [-0.05, 0) is 37.0 Å². The van der Waals surface area contributed by atoms with Gasteiger partial charge in [-0.25, -0.2) is 0 Å². The standard InChI is InChI=1S/C14H20F3N3O/c1-9(2)4-3-7-19-13(21)11-8-10(14(15,16)17)5-6-12(11)20-18/h5-6,8-9,20H,3-4,7,18H2,1-2H3,(H,19,21). The fourth-order valence-corrected chi connectivity index (χ4v) is 1.84. The van der Waals surface area contributed by atoms with Crippen molar-refractivity contribution in [3.8, 4) is 0 Å². The van der Waals surface area contributed by atoms with Crippen LogP contribution in [-0.4, -0.2) is 12.5 Å². The molecule has 0 saturated heterocycles. The molecule has 0 atom stereocenters. The molecule has 1 aromatic carbocycles. The number of amides is 1. The maximum absolute atomic E-state index is 12.7. The molecular formula is C14H20F3N3O. The van der Waals surface area contributed by atoms with Crippen LogP contribution in [-0.2, 0) is 6.18 Å². The third-order valence-corrected chi connectivity index (χ3v) is 2.99.